The van der Waals surface area contributed by atoms with Gasteiger partial charge in [0.05, 0.1) is 0 Å². The van der Waals surface area contributed by atoms with Gasteiger partial charge in [-0.3, -0.25) is 4.79 Å². The first kappa shape index (κ1) is 10.4. The number of fused-ring (bicyclic) bond motifs is 1. The number of hydrogen-bond donors (Lipinski definition) is 1. The van der Waals surface area contributed by atoms with Gasteiger partial charge in [-0.15, -0.1) is 0 Å². The van der Waals surface area contributed by atoms with Crippen LogP contribution >= 0.6 is 12.6 Å². The second kappa shape index (κ2) is 4.57. The number of hydrogen-bond acceptors (Lipinski definition) is 4. The topological polar surface area (TPSA) is 35.5 Å². The molecule has 1 aliphatic heterocycles. The van der Waals surface area contributed by atoms with Crippen LogP contribution in [0.1, 0.15) is 5.56 Å². The molecule has 1 radical (unpaired) electrons. The summed E-state index contributed by atoms with van der Waals surface area (Å²) in [5, 5.41) is 0. The van der Waals surface area contributed by atoms with E-state index in [1.807, 2.05) is 24.5 Å². The van der Waals surface area contributed by atoms with E-state index in [0.717, 1.165) is 17.1 Å². The number of para-hydroxylation sites is 1. The normalized spacial score (nSPS) is 15.0. The SMILES string of the molecule is O=[C]C(CS)Cc1cccc2c1OCO2. The Labute approximate surface area is 93.8 Å². The Morgan fingerprint density at radius 3 is 3.07 bits per heavy atom. The van der Waals surface area contributed by atoms with Crippen molar-refractivity contribution in [3.8, 4) is 11.5 Å². The van der Waals surface area contributed by atoms with Crippen LogP contribution in [0.5, 0.6) is 11.5 Å². The molecule has 0 aromatic heterocycles. The predicted octanol–water partition coefficient (Wildman–Crippen LogP) is 1.61. The summed E-state index contributed by atoms with van der Waals surface area (Å²) in [7, 11) is 0. The van der Waals surface area contributed by atoms with Gasteiger partial charge in [-0.1, -0.05) is 12.1 Å². The fourth-order valence-electron chi connectivity index (χ4n) is 1.56. The van der Waals surface area contributed by atoms with E-state index in [1.165, 1.54) is 0 Å². The Morgan fingerprint density at radius 1 is 1.47 bits per heavy atom. The number of carbonyl (C=O) groups excluding carboxylic acids is 1. The standard InChI is InChI=1S/C11H11O3S/c12-5-8(6-15)4-9-2-1-3-10-11(9)14-7-13-10/h1-3,8,15H,4,6-7H2. The molecule has 1 aliphatic rings. The number of ether oxygens (including phenoxy) is 2. The molecule has 0 spiro atoms. The molecule has 79 valence electrons. The minimum atomic E-state index is -0.191. The molecule has 3 nitrogen and oxygen atoms in total. The lowest BCUT2D eigenvalue weighted by Gasteiger charge is -2.08. The molecule has 0 bridgehead atoms. The van der Waals surface area contributed by atoms with Crippen LogP contribution in [0.15, 0.2) is 18.2 Å². The zero-order valence-electron chi connectivity index (χ0n) is 8.10. The van der Waals surface area contributed by atoms with Crippen LogP contribution in [-0.4, -0.2) is 18.8 Å². The van der Waals surface area contributed by atoms with Gasteiger partial charge in [-0.05, 0) is 18.1 Å². The van der Waals surface area contributed by atoms with Crippen molar-refractivity contribution in [3.63, 3.8) is 0 Å². The molecule has 0 saturated heterocycles. The van der Waals surface area contributed by atoms with Crippen LogP contribution in [-0.2, 0) is 11.2 Å². The van der Waals surface area contributed by atoms with Crippen molar-refractivity contribution < 1.29 is 14.3 Å². The molecule has 1 unspecified atom stereocenters. The van der Waals surface area contributed by atoms with Crippen LogP contribution in [0, 0.1) is 5.92 Å². The lowest BCUT2D eigenvalue weighted by atomic mass is 10.0. The van der Waals surface area contributed by atoms with Gasteiger partial charge in [-0.2, -0.15) is 12.6 Å². The van der Waals surface area contributed by atoms with Crippen LogP contribution < -0.4 is 9.47 Å². The molecule has 1 heterocycles. The van der Waals surface area contributed by atoms with Gasteiger partial charge in [0.15, 0.2) is 11.5 Å². The molecule has 0 aliphatic carbocycles. The first-order chi connectivity index (χ1) is 7.35. The summed E-state index contributed by atoms with van der Waals surface area (Å²) in [4.78, 5) is 10.6. The summed E-state index contributed by atoms with van der Waals surface area (Å²) in [5.74, 6) is 1.80. The molecule has 4 heteroatoms. The van der Waals surface area contributed by atoms with Crippen LogP contribution in [0.4, 0.5) is 0 Å². The summed E-state index contributed by atoms with van der Waals surface area (Å²) < 4.78 is 10.6. The Balaban J connectivity index is 2.21. The summed E-state index contributed by atoms with van der Waals surface area (Å²) in [6.45, 7) is 0.253. The number of rotatable bonds is 4. The Bertz CT molecular complexity index is 365. The third kappa shape index (κ3) is 2.09. The van der Waals surface area contributed by atoms with E-state index >= 15 is 0 Å². The van der Waals surface area contributed by atoms with Crippen molar-refractivity contribution >= 4 is 18.9 Å². The molecular weight excluding hydrogens is 212 g/mol. The first-order valence-electron chi connectivity index (χ1n) is 4.71. The summed E-state index contributed by atoms with van der Waals surface area (Å²) in [6.07, 6.45) is 2.57. The molecule has 15 heavy (non-hydrogen) atoms. The third-order valence-electron chi connectivity index (χ3n) is 2.33. The van der Waals surface area contributed by atoms with Crippen molar-refractivity contribution in [2.75, 3.05) is 12.5 Å². The van der Waals surface area contributed by atoms with E-state index in [2.05, 4.69) is 12.6 Å². The van der Waals surface area contributed by atoms with E-state index in [1.54, 1.807) is 0 Å². The third-order valence-corrected chi connectivity index (χ3v) is 2.77. The van der Waals surface area contributed by atoms with Gasteiger partial charge in [0.25, 0.3) is 0 Å². The van der Waals surface area contributed by atoms with Gasteiger partial charge < -0.3 is 9.47 Å². The Morgan fingerprint density at radius 2 is 2.33 bits per heavy atom. The lowest BCUT2D eigenvalue weighted by Crippen LogP contribution is -2.08. The largest absolute Gasteiger partial charge is 0.454 e. The maximum atomic E-state index is 10.6. The maximum Gasteiger partial charge on any atom is 0.231 e. The smallest absolute Gasteiger partial charge is 0.231 e. The zero-order chi connectivity index (χ0) is 10.7. The molecule has 2 rings (SSSR count). The molecule has 1 aromatic rings. The average molecular weight is 223 g/mol. The van der Waals surface area contributed by atoms with Crippen molar-refractivity contribution in [3.05, 3.63) is 23.8 Å². The highest BCUT2D eigenvalue weighted by molar-refractivity contribution is 7.80. The van der Waals surface area contributed by atoms with Gasteiger partial charge in [0.2, 0.25) is 13.1 Å². The van der Waals surface area contributed by atoms with Gasteiger partial charge >= 0.3 is 0 Å². The van der Waals surface area contributed by atoms with Crippen LogP contribution in [0.3, 0.4) is 0 Å². The molecule has 0 N–H and O–H groups in total. The molecule has 0 amide bonds. The molecule has 1 aromatic carbocycles. The van der Waals surface area contributed by atoms with Crippen molar-refractivity contribution in [2.24, 2.45) is 5.92 Å². The molecular formula is C11H11O3S. The Hall–Kier alpha value is -1.16. The van der Waals surface area contributed by atoms with Crippen molar-refractivity contribution in [1.29, 1.82) is 0 Å². The monoisotopic (exact) mass is 223 g/mol. The summed E-state index contributed by atoms with van der Waals surface area (Å²) in [6, 6.07) is 5.68. The molecule has 0 saturated carbocycles. The zero-order valence-corrected chi connectivity index (χ0v) is 9.00. The lowest BCUT2D eigenvalue weighted by molar-refractivity contribution is 0.173. The van der Waals surface area contributed by atoms with Crippen LogP contribution in [0.25, 0.3) is 0 Å². The highest BCUT2D eigenvalue weighted by Crippen LogP contribution is 2.36. The minimum absolute atomic E-state index is 0.191. The fourth-order valence-corrected chi connectivity index (χ4v) is 1.76. The van der Waals surface area contributed by atoms with Gasteiger partial charge in [0.1, 0.15) is 0 Å². The fraction of sp³-hybridized carbons (Fsp3) is 0.364. The second-order valence-corrected chi connectivity index (χ2v) is 3.72. The van der Waals surface area contributed by atoms with E-state index < -0.39 is 0 Å². The summed E-state index contributed by atoms with van der Waals surface area (Å²) >= 11 is 4.10. The predicted molar refractivity (Wildman–Crippen MR) is 59.3 cm³/mol. The highest BCUT2D eigenvalue weighted by atomic mass is 32.1. The number of thiol groups is 1. The molecule has 1 atom stereocenters. The minimum Gasteiger partial charge on any atom is -0.454 e. The van der Waals surface area contributed by atoms with Gasteiger partial charge in [0, 0.05) is 11.7 Å². The number of benzene rings is 1. The molecule has 0 fully saturated rings. The van der Waals surface area contributed by atoms with E-state index in [4.69, 9.17) is 9.47 Å². The maximum absolute atomic E-state index is 10.6. The highest BCUT2D eigenvalue weighted by Gasteiger charge is 2.19. The average Bonchev–Trinajstić information content (AvgIpc) is 2.74. The van der Waals surface area contributed by atoms with Crippen molar-refractivity contribution in [2.45, 2.75) is 6.42 Å². The van der Waals surface area contributed by atoms with E-state index in [0.29, 0.717) is 12.2 Å². The first-order valence-corrected chi connectivity index (χ1v) is 5.34. The quantitative estimate of drug-likeness (QED) is 0.788. The van der Waals surface area contributed by atoms with Gasteiger partial charge in [-0.25, -0.2) is 0 Å². The Kier molecular flexibility index (Phi) is 3.16. The van der Waals surface area contributed by atoms with E-state index in [9.17, 15) is 4.79 Å². The van der Waals surface area contributed by atoms with Crippen molar-refractivity contribution in [1.82, 2.24) is 0 Å². The second-order valence-electron chi connectivity index (χ2n) is 3.35. The van der Waals surface area contributed by atoms with E-state index in [-0.39, 0.29) is 12.7 Å². The van der Waals surface area contributed by atoms with Crippen LogP contribution in [0.2, 0.25) is 0 Å². The summed E-state index contributed by atoms with van der Waals surface area (Å²) in [5.41, 5.74) is 0.979.